The van der Waals surface area contributed by atoms with Gasteiger partial charge in [0.1, 0.15) is 23.9 Å². The fourth-order valence-corrected chi connectivity index (χ4v) is 4.59. The van der Waals surface area contributed by atoms with Gasteiger partial charge in [0, 0.05) is 18.2 Å². The van der Waals surface area contributed by atoms with E-state index in [0.29, 0.717) is 47.3 Å². The molecule has 0 bridgehead atoms. The molecule has 1 saturated heterocycles. The number of nitrogens with zero attached hydrogens (tertiary/aromatic N) is 3. The molecule has 0 atom stereocenters. The zero-order chi connectivity index (χ0) is 26.5. The van der Waals surface area contributed by atoms with Crippen molar-refractivity contribution in [2.24, 2.45) is 0 Å². The standard InChI is InChI=1S/C28H29N5O5/c1-2-37-23-16-19(5-8-21(23)26-31-27-25(28(36)32-26)29-17-30-27)18-6-9-22(20(15-18)7-10-24(34)35)38-14-13-33-11-3-4-12-33/h5-10,15-17H,2-4,11-14H2,1H3,(H,34,35)(H2,29,30,31,32,36)/b10-7+. The molecule has 0 spiro atoms. The zero-order valence-corrected chi connectivity index (χ0v) is 21.1. The van der Waals surface area contributed by atoms with Gasteiger partial charge in [-0.2, -0.15) is 0 Å². The van der Waals surface area contributed by atoms with Crippen molar-refractivity contribution >= 4 is 23.2 Å². The average Bonchev–Trinajstić information content (AvgIpc) is 3.61. The summed E-state index contributed by atoms with van der Waals surface area (Å²) in [6.45, 7) is 5.85. The number of aromatic nitrogens is 4. The lowest BCUT2D eigenvalue weighted by Gasteiger charge is -2.17. The highest BCUT2D eigenvalue weighted by Gasteiger charge is 2.15. The fraction of sp³-hybridized carbons (Fsp3) is 0.286. The van der Waals surface area contributed by atoms with E-state index < -0.39 is 5.97 Å². The second-order valence-corrected chi connectivity index (χ2v) is 8.98. The molecular weight excluding hydrogens is 486 g/mol. The quantitative estimate of drug-likeness (QED) is 0.270. The van der Waals surface area contributed by atoms with Crippen molar-refractivity contribution < 1.29 is 19.4 Å². The highest BCUT2D eigenvalue weighted by molar-refractivity contribution is 5.86. The third-order valence-electron chi connectivity index (χ3n) is 6.44. The predicted molar refractivity (Wildman–Crippen MR) is 144 cm³/mol. The largest absolute Gasteiger partial charge is 0.493 e. The van der Waals surface area contributed by atoms with E-state index in [-0.39, 0.29) is 11.1 Å². The molecular formula is C28H29N5O5. The number of benzene rings is 2. The summed E-state index contributed by atoms with van der Waals surface area (Å²) in [7, 11) is 0. The second kappa shape index (κ2) is 11.3. The first kappa shape index (κ1) is 25.2. The minimum Gasteiger partial charge on any atom is -0.493 e. The van der Waals surface area contributed by atoms with Crippen molar-refractivity contribution in [3.8, 4) is 34.0 Å². The molecule has 0 saturated carbocycles. The first-order valence-electron chi connectivity index (χ1n) is 12.6. The van der Waals surface area contributed by atoms with Crippen LogP contribution in [0.25, 0.3) is 39.8 Å². The molecule has 1 aliphatic rings. The number of fused-ring (bicyclic) bond motifs is 1. The second-order valence-electron chi connectivity index (χ2n) is 8.98. The van der Waals surface area contributed by atoms with E-state index in [1.165, 1.54) is 19.2 Å². The normalized spacial score (nSPS) is 13.9. The molecule has 0 unspecified atom stereocenters. The van der Waals surface area contributed by atoms with Crippen molar-refractivity contribution in [3.05, 3.63) is 64.7 Å². The fourth-order valence-electron chi connectivity index (χ4n) is 4.59. The van der Waals surface area contributed by atoms with Crippen molar-refractivity contribution in [3.63, 3.8) is 0 Å². The summed E-state index contributed by atoms with van der Waals surface area (Å²) in [5.41, 5.74) is 3.32. The number of ether oxygens (including phenoxy) is 2. The van der Waals surface area contributed by atoms with Gasteiger partial charge >= 0.3 is 5.97 Å². The van der Waals surface area contributed by atoms with Crippen molar-refractivity contribution in [2.75, 3.05) is 32.8 Å². The Morgan fingerprint density at radius 1 is 1.11 bits per heavy atom. The number of aliphatic carboxylic acids is 1. The summed E-state index contributed by atoms with van der Waals surface area (Å²) in [6.07, 6.45) is 6.51. The van der Waals surface area contributed by atoms with Gasteiger partial charge in [-0.3, -0.25) is 9.69 Å². The summed E-state index contributed by atoms with van der Waals surface area (Å²) in [5.74, 6) is 0.521. The third-order valence-corrected chi connectivity index (χ3v) is 6.44. The molecule has 0 amide bonds. The number of hydrogen-bond acceptors (Lipinski definition) is 7. The minimum absolute atomic E-state index is 0.244. The number of hydrogen-bond donors (Lipinski definition) is 3. The predicted octanol–water partition coefficient (Wildman–Crippen LogP) is 3.95. The van der Waals surface area contributed by atoms with Gasteiger partial charge in [0.25, 0.3) is 5.56 Å². The molecule has 10 nitrogen and oxygen atoms in total. The molecule has 2 aromatic carbocycles. The van der Waals surface area contributed by atoms with Crippen molar-refractivity contribution in [2.45, 2.75) is 19.8 Å². The molecule has 1 fully saturated rings. The maximum Gasteiger partial charge on any atom is 0.328 e. The molecule has 38 heavy (non-hydrogen) atoms. The molecule has 0 radical (unpaired) electrons. The molecule has 3 heterocycles. The number of carboxylic acid groups (broad SMARTS) is 1. The van der Waals surface area contributed by atoms with Crippen LogP contribution in [-0.2, 0) is 4.79 Å². The van der Waals surface area contributed by atoms with Gasteiger partial charge in [0.05, 0.1) is 18.5 Å². The van der Waals surface area contributed by atoms with Crippen LogP contribution in [0.15, 0.2) is 53.6 Å². The van der Waals surface area contributed by atoms with Crippen LogP contribution in [0.5, 0.6) is 11.5 Å². The highest BCUT2D eigenvalue weighted by Crippen LogP contribution is 2.35. The van der Waals surface area contributed by atoms with Gasteiger partial charge in [-0.1, -0.05) is 12.1 Å². The summed E-state index contributed by atoms with van der Waals surface area (Å²) >= 11 is 0. The van der Waals surface area contributed by atoms with E-state index in [1.807, 2.05) is 43.3 Å². The Bertz CT molecular complexity index is 1530. The molecule has 3 N–H and O–H groups in total. The van der Waals surface area contributed by atoms with Gasteiger partial charge in [0.2, 0.25) is 0 Å². The number of carbonyl (C=O) groups is 1. The molecule has 196 valence electrons. The van der Waals surface area contributed by atoms with Gasteiger partial charge in [0.15, 0.2) is 11.2 Å². The molecule has 1 aliphatic heterocycles. The zero-order valence-electron chi connectivity index (χ0n) is 21.1. The van der Waals surface area contributed by atoms with Crippen molar-refractivity contribution in [1.29, 1.82) is 0 Å². The van der Waals surface area contributed by atoms with Gasteiger partial charge in [-0.25, -0.2) is 14.8 Å². The summed E-state index contributed by atoms with van der Waals surface area (Å²) in [4.78, 5) is 40.2. The van der Waals surface area contributed by atoms with E-state index in [0.717, 1.165) is 36.8 Å². The molecule has 4 aromatic rings. The van der Waals surface area contributed by atoms with Crippen LogP contribution in [-0.4, -0.2) is 68.8 Å². The number of carboxylic acids is 1. The summed E-state index contributed by atoms with van der Waals surface area (Å²) in [6, 6.07) is 11.3. The van der Waals surface area contributed by atoms with Crippen LogP contribution in [0.2, 0.25) is 0 Å². The Morgan fingerprint density at radius 3 is 2.68 bits per heavy atom. The Balaban J connectivity index is 1.46. The van der Waals surface area contributed by atoms with Gasteiger partial charge in [-0.15, -0.1) is 0 Å². The van der Waals surface area contributed by atoms with E-state index >= 15 is 0 Å². The molecule has 0 aliphatic carbocycles. The van der Waals surface area contributed by atoms with Crippen LogP contribution < -0.4 is 15.0 Å². The van der Waals surface area contributed by atoms with E-state index in [1.54, 1.807) is 6.08 Å². The smallest absolute Gasteiger partial charge is 0.328 e. The minimum atomic E-state index is -1.03. The third kappa shape index (κ3) is 5.60. The number of H-pyrrole nitrogens is 2. The van der Waals surface area contributed by atoms with Gasteiger partial charge in [-0.05, 0) is 74.3 Å². The van der Waals surface area contributed by atoms with Crippen LogP contribution in [0.4, 0.5) is 0 Å². The van der Waals surface area contributed by atoms with Crippen LogP contribution in [0, 0.1) is 0 Å². The number of likely N-dealkylation sites (tertiary alicyclic amines) is 1. The number of imidazole rings is 1. The van der Waals surface area contributed by atoms with Crippen LogP contribution in [0.1, 0.15) is 25.3 Å². The lowest BCUT2D eigenvalue weighted by molar-refractivity contribution is -0.131. The Morgan fingerprint density at radius 2 is 1.89 bits per heavy atom. The van der Waals surface area contributed by atoms with Crippen LogP contribution >= 0.6 is 0 Å². The number of nitrogens with one attached hydrogen (secondary N) is 2. The highest BCUT2D eigenvalue weighted by atomic mass is 16.5. The lowest BCUT2D eigenvalue weighted by Crippen LogP contribution is -2.25. The summed E-state index contributed by atoms with van der Waals surface area (Å²) in [5, 5.41) is 9.19. The number of aromatic amines is 2. The maximum atomic E-state index is 12.4. The van der Waals surface area contributed by atoms with E-state index in [4.69, 9.17) is 9.47 Å². The Kier molecular flexibility index (Phi) is 7.50. The number of rotatable bonds is 10. The van der Waals surface area contributed by atoms with Gasteiger partial charge < -0.3 is 24.5 Å². The first-order chi connectivity index (χ1) is 18.5. The summed E-state index contributed by atoms with van der Waals surface area (Å²) < 4.78 is 12.0. The first-order valence-corrected chi connectivity index (χ1v) is 12.6. The van der Waals surface area contributed by atoms with E-state index in [9.17, 15) is 14.7 Å². The van der Waals surface area contributed by atoms with E-state index in [2.05, 4.69) is 24.8 Å². The molecule has 5 rings (SSSR count). The topological polar surface area (TPSA) is 133 Å². The maximum absolute atomic E-state index is 12.4. The monoisotopic (exact) mass is 515 g/mol. The lowest BCUT2D eigenvalue weighted by atomic mass is 10.00. The Hall–Kier alpha value is -4.44. The van der Waals surface area contributed by atoms with Crippen LogP contribution in [0.3, 0.4) is 0 Å². The Labute approximate surface area is 219 Å². The SMILES string of the molecule is CCOc1cc(-c2ccc(OCCN3CCCC3)c(/C=C/C(=O)O)c2)ccc1-c1nc2[nH]cnc2c(=O)[nH]1. The van der Waals surface area contributed by atoms with Crippen molar-refractivity contribution in [1.82, 2.24) is 24.8 Å². The average molecular weight is 516 g/mol. The molecule has 2 aromatic heterocycles. The molecule has 10 heteroatoms.